The van der Waals surface area contributed by atoms with Crippen molar-refractivity contribution in [2.24, 2.45) is 22.2 Å². The number of carbonyl (C=O) groups excluding carboxylic acids is 3. The first-order valence-corrected chi connectivity index (χ1v) is 24.9. The molecule has 6 N–H and O–H groups in total. The van der Waals surface area contributed by atoms with Crippen molar-refractivity contribution in [3.8, 4) is 0 Å². The Balaban J connectivity index is -0.000000785. The van der Waals surface area contributed by atoms with Crippen molar-refractivity contribution in [2.75, 3.05) is 45.9 Å². The molecule has 5 fully saturated rings. The first kappa shape index (κ1) is 72.3. The van der Waals surface area contributed by atoms with E-state index in [4.69, 9.17) is 49.9 Å². The number of rotatable bonds is 10. The minimum atomic E-state index is -3.67. The van der Waals surface area contributed by atoms with Crippen LogP contribution >= 0.6 is 0 Å². The number of carbonyl (C=O) groups is 4. The Hall–Kier alpha value is -1.97. The van der Waals surface area contributed by atoms with E-state index < -0.39 is 88.0 Å². The molecule has 0 aromatic rings. The van der Waals surface area contributed by atoms with E-state index in [2.05, 4.69) is 6.92 Å². The maximum atomic E-state index is 13.0. The SMILES string of the molecule is CC1CCCO1.CCOC(=O)C1(CC)CCC(F)(F)CC1.CCOC(=O)C1(CO)CCC(F)(F)CC1.CCOC(=O)C1CCC(F)(F)CC1.CS(=O)(=O)O.O=C(O)C1(CO)CCC(F)(F)CC1.[NH-]O.[Na+]. The van der Waals surface area contributed by atoms with Gasteiger partial charge in [-0.3, -0.25) is 23.7 Å². The van der Waals surface area contributed by atoms with E-state index in [-0.39, 0.29) is 144 Å². The zero-order chi connectivity index (χ0) is 54.0. The summed E-state index contributed by atoms with van der Waals surface area (Å²) < 4.78 is 148. The van der Waals surface area contributed by atoms with Crippen LogP contribution in [0.5, 0.6) is 0 Å². The Bertz CT molecular complexity index is 1530. The molecule has 1 heterocycles. The topological polar surface area (TPSA) is 264 Å². The van der Waals surface area contributed by atoms with Gasteiger partial charge >= 0.3 is 53.4 Å². The molecule has 0 aromatic carbocycles. The zero-order valence-electron chi connectivity index (χ0n) is 41.6. The first-order valence-electron chi connectivity index (χ1n) is 23.0. The van der Waals surface area contributed by atoms with Gasteiger partial charge in [-0.1, -0.05) is 6.92 Å². The summed E-state index contributed by atoms with van der Waals surface area (Å²) in [5, 5.41) is 33.0. The van der Waals surface area contributed by atoms with Crippen molar-refractivity contribution in [2.45, 2.75) is 186 Å². The van der Waals surface area contributed by atoms with Crippen LogP contribution in [0.1, 0.15) is 157 Å². The van der Waals surface area contributed by atoms with Gasteiger partial charge in [-0.15, -0.1) is 0 Å². The number of carboxylic acid groups (broad SMARTS) is 1. The van der Waals surface area contributed by atoms with E-state index in [9.17, 15) is 62.7 Å². The molecule has 5 aliphatic rings. The molecule has 1 aliphatic heterocycles. The number of ether oxygens (including phenoxy) is 4. The number of hydrogen-bond acceptors (Lipinski definition) is 13. The van der Waals surface area contributed by atoms with Gasteiger partial charge in [0.1, 0.15) is 0 Å². The van der Waals surface area contributed by atoms with Crippen molar-refractivity contribution in [3.63, 3.8) is 0 Å². The van der Waals surface area contributed by atoms with Crippen LogP contribution in [-0.2, 0) is 48.2 Å². The second-order valence-electron chi connectivity index (χ2n) is 17.8. The van der Waals surface area contributed by atoms with Crippen LogP contribution in [0, 0.1) is 22.2 Å². The van der Waals surface area contributed by atoms with Crippen molar-refractivity contribution in [1.82, 2.24) is 0 Å². The summed E-state index contributed by atoms with van der Waals surface area (Å²) in [6.45, 7) is 9.95. The minimum Gasteiger partial charge on any atom is -0.553 e. The predicted octanol–water partition coefficient (Wildman–Crippen LogP) is 6.65. The summed E-state index contributed by atoms with van der Waals surface area (Å²) in [7, 11) is -3.67. The van der Waals surface area contributed by atoms with Gasteiger partial charge in [-0.05, 0) is 98.3 Å². The van der Waals surface area contributed by atoms with Gasteiger partial charge in [0.15, 0.2) is 0 Å². The third kappa shape index (κ3) is 28.5. The molecule has 70 heavy (non-hydrogen) atoms. The van der Waals surface area contributed by atoms with Gasteiger partial charge in [0.2, 0.25) is 23.7 Å². The molecule has 0 amide bonds. The molecule has 1 saturated heterocycles. The fraction of sp³-hybridized carbons (Fsp3) is 0.909. The fourth-order valence-corrected chi connectivity index (χ4v) is 7.69. The molecule has 0 aromatic heterocycles. The normalized spacial score (nSPS) is 22.9. The molecule has 0 radical (unpaired) electrons. The molecular weight excluding hydrogens is 990 g/mol. The van der Waals surface area contributed by atoms with Crippen LogP contribution in [0.25, 0.3) is 5.90 Å². The Morgan fingerprint density at radius 1 is 0.586 bits per heavy atom. The molecule has 1 unspecified atom stereocenters. The molecule has 4 aliphatic carbocycles. The van der Waals surface area contributed by atoms with Gasteiger partial charge in [0, 0.05) is 58.0 Å². The van der Waals surface area contributed by atoms with Gasteiger partial charge in [0.05, 0.1) is 67.6 Å². The number of aliphatic carboxylic acids is 1. The molecule has 16 nitrogen and oxygen atoms in total. The Labute approximate surface area is 428 Å². The Morgan fingerprint density at radius 2 is 0.900 bits per heavy atom. The standard InChI is InChI=1S/C11H18F2O2.C10H16F2O3.C9H14F2O2.C8H12F2O3.C5H10O.CH4O3S.H2NO.Na/c1-3-10(9(14)15-4-2)5-7-11(12,13)8-6-10;1-2-15-8(14)9(7-13)3-5-10(11,12)6-4-9;1-2-13-8(12)7-3-5-9(10,11)6-4-7;9-8(10)3-1-7(5-11,2-4-8)6(12)13;1-5-3-2-4-6-5;1-5(2,3)4;1-2;/h3-8H2,1-2H3;13H,2-7H2,1H3;7H,2-6H2,1H3;11H,1-5H2,(H,12,13);5H,2-4H2,1H3;1H3,(H,2,3,4);1-2H;/q;;;;;;-1;+1. The molecule has 4 saturated carbocycles. The largest absolute Gasteiger partial charge is 1.00 e. The van der Waals surface area contributed by atoms with Gasteiger partial charge in [0.25, 0.3) is 10.1 Å². The van der Waals surface area contributed by atoms with Crippen molar-refractivity contribution in [1.29, 1.82) is 0 Å². The monoisotopic (exact) mass is 1070 g/mol. The number of halogens is 8. The van der Waals surface area contributed by atoms with Gasteiger partial charge in [-0.2, -0.15) is 8.42 Å². The summed E-state index contributed by atoms with van der Waals surface area (Å²) in [5.74, 6) is -8.53. The first-order chi connectivity index (χ1) is 31.8. The van der Waals surface area contributed by atoms with Crippen LogP contribution in [0.3, 0.4) is 0 Å². The van der Waals surface area contributed by atoms with Crippen LogP contribution in [0.15, 0.2) is 0 Å². The number of carboxylic acids is 1. The average molecular weight is 1070 g/mol. The van der Waals surface area contributed by atoms with Gasteiger partial charge < -0.3 is 45.4 Å². The van der Waals surface area contributed by atoms with E-state index in [1.165, 1.54) is 12.8 Å². The van der Waals surface area contributed by atoms with Crippen molar-refractivity contribution in [3.05, 3.63) is 5.90 Å². The fourth-order valence-electron chi connectivity index (χ4n) is 7.69. The van der Waals surface area contributed by atoms with E-state index in [0.29, 0.717) is 32.0 Å². The smallest absolute Gasteiger partial charge is 0.553 e. The van der Waals surface area contributed by atoms with Crippen LogP contribution < -0.4 is 29.6 Å². The maximum absolute atomic E-state index is 13.0. The second-order valence-corrected chi connectivity index (χ2v) is 19.2. The number of esters is 3. The summed E-state index contributed by atoms with van der Waals surface area (Å²) in [6.07, 6.45) is 2.72. The molecule has 0 bridgehead atoms. The average Bonchev–Trinajstić information content (AvgIpc) is 3.76. The quantitative estimate of drug-likeness (QED) is 0.0383. The van der Waals surface area contributed by atoms with E-state index >= 15 is 0 Å². The van der Waals surface area contributed by atoms with Crippen LogP contribution in [0.2, 0.25) is 0 Å². The van der Waals surface area contributed by atoms with E-state index in [1.807, 2.05) is 6.92 Å². The molecule has 5 rings (SSSR count). The minimum absolute atomic E-state index is 0. The zero-order valence-corrected chi connectivity index (χ0v) is 44.4. The molecule has 410 valence electrons. The third-order valence-corrected chi connectivity index (χ3v) is 12.5. The summed E-state index contributed by atoms with van der Waals surface area (Å²) >= 11 is 0. The Kier molecular flexibility index (Phi) is 34.9. The molecule has 0 spiro atoms. The number of aliphatic hydroxyl groups is 2. The number of hydrogen-bond donors (Lipinski definition) is 5. The van der Waals surface area contributed by atoms with E-state index in [0.717, 1.165) is 6.61 Å². The summed E-state index contributed by atoms with van der Waals surface area (Å²) in [4.78, 5) is 45.1. The van der Waals surface area contributed by atoms with Gasteiger partial charge in [-0.25, -0.2) is 35.1 Å². The van der Waals surface area contributed by atoms with Crippen molar-refractivity contribution < 1.29 is 136 Å². The predicted molar refractivity (Wildman–Crippen MR) is 235 cm³/mol. The summed E-state index contributed by atoms with van der Waals surface area (Å²) in [5.41, 5.74) is -3.09. The third-order valence-electron chi connectivity index (χ3n) is 12.5. The van der Waals surface area contributed by atoms with E-state index in [1.54, 1.807) is 20.8 Å². The number of nitrogens with one attached hydrogen (secondary N) is 1. The maximum Gasteiger partial charge on any atom is 1.00 e. The molecule has 1 atom stereocenters. The molecular formula is C44H76F8NNaO15S. The summed E-state index contributed by atoms with van der Waals surface area (Å²) in [6, 6.07) is 0. The van der Waals surface area contributed by atoms with Crippen molar-refractivity contribution >= 4 is 34.0 Å². The Morgan fingerprint density at radius 3 is 1.16 bits per heavy atom. The van der Waals surface area contributed by atoms with Crippen LogP contribution in [-0.4, -0.2) is 133 Å². The molecule has 26 heteroatoms. The number of aliphatic hydroxyl groups excluding tert-OH is 2. The number of alkyl halides is 8. The second kappa shape index (κ2) is 33.8. The van der Waals surface area contributed by atoms with Crippen LogP contribution in [0.4, 0.5) is 35.1 Å².